The van der Waals surface area contributed by atoms with Gasteiger partial charge in [0.25, 0.3) is 0 Å². The Hall–Kier alpha value is -0.320. The molecular formula is C11H13NS3. The molecule has 0 unspecified atom stereocenters. The second-order valence-electron chi connectivity index (χ2n) is 3.39. The standard InChI is InChI=1S/C11H13NS3/c1-8-4-6-14-11(8)9-7-15-10(12-9)3-2-5-13/h4,6-7,13H,2-3,5H2,1H3. The van der Waals surface area contributed by atoms with E-state index in [0.29, 0.717) is 0 Å². The quantitative estimate of drug-likeness (QED) is 0.814. The monoisotopic (exact) mass is 255 g/mol. The van der Waals surface area contributed by atoms with E-state index in [1.165, 1.54) is 15.4 Å². The Morgan fingerprint density at radius 1 is 1.40 bits per heavy atom. The third kappa shape index (κ3) is 2.62. The number of aromatic nitrogens is 1. The fraction of sp³-hybridized carbons (Fsp3) is 0.364. The van der Waals surface area contributed by atoms with Gasteiger partial charge in [-0.1, -0.05) is 0 Å². The molecule has 0 fully saturated rings. The van der Waals surface area contributed by atoms with Crippen molar-refractivity contribution in [1.29, 1.82) is 0 Å². The lowest BCUT2D eigenvalue weighted by Crippen LogP contribution is -1.85. The number of thiophene rings is 1. The van der Waals surface area contributed by atoms with Crippen LogP contribution in [0.25, 0.3) is 10.6 Å². The van der Waals surface area contributed by atoms with Crippen LogP contribution >= 0.6 is 35.3 Å². The van der Waals surface area contributed by atoms with Gasteiger partial charge in [-0.3, -0.25) is 0 Å². The summed E-state index contributed by atoms with van der Waals surface area (Å²) in [5, 5.41) is 5.51. The molecule has 0 aliphatic rings. The first-order valence-corrected chi connectivity index (χ1v) is 7.30. The Balaban J connectivity index is 2.17. The molecule has 0 aliphatic heterocycles. The van der Waals surface area contributed by atoms with E-state index in [1.807, 2.05) is 0 Å². The van der Waals surface area contributed by atoms with Crippen LogP contribution in [0.15, 0.2) is 16.8 Å². The third-order valence-corrected chi connectivity index (χ3v) is 4.46. The van der Waals surface area contributed by atoms with E-state index in [4.69, 9.17) is 0 Å². The van der Waals surface area contributed by atoms with Gasteiger partial charge in [0.2, 0.25) is 0 Å². The minimum atomic E-state index is 0.937. The van der Waals surface area contributed by atoms with Gasteiger partial charge in [-0.05, 0) is 36.1 Å². The van der Waals surface area contributed by atoms with Crippen molar-refractivity contribution in [3.63, 3.8) is 0 Å². The largest absolute Gasteiger partial charge is 0.240 e. The van der Waals surface area contributed by atoms with E-state index in [1.54, 1.807) is 22.7 Å². The van der Waals surface area contributed by atoms with Crippen molar-refractivity contribution in [1.82, 2.24) is 4.98 Å². The number of nitrogens with zero attached hydrogens (tertiary/aromatic N) is 1. The summed E-state index contributed by atoms with van der Waals surface area (Å²) in [4.78, 5) is 5.95. The van der Waals surface area contributed by atoms with E-state index in [0.717, 1.165) is 24.3 Å². The Morgan fingerprint density at radius 3 is 2.93 bits per heavy atom. The summed E-state index contributed by atoms with van der Waals surface area (Å²) in [6, 6.07) is 2.15. The van der Waals surface area contributed by atoms with Crippen LogP contribution in [0.4, 0.5) is 0 Å². The Kier molecular flexibility index (Phi) is 3.83. The summed E-state index contributed by atoms with van der Waals surface area (Å²) in [7, 11) is 0. The second-order valence-corrected chi connectivity index (χ2v) is 5.69. The molecule has 0 amide bonds. The molecule has 4 heteroatoms. The van der Waals surface area contributed by atoms with Gasteiger partial charge in [0, 0.05) is 11.8 Å². The summed E-state index contributed by atoms with van der Waals surface area (Å²) < 4.78 is 0. The molecule has 0 saturated carbocycles. The van der Waals surface area contributed by atoms with Crippen molar-refractivity contribution < 1.29 is 0 Å². The van der Waals surface area contributed by atoms with Crippen molar-refractivity contribution in [3.8, 4) is 10.6 Å². The summed E-state index contributed by atoms with van der Waals surface area (Å²) >= 11 is 7.74. The highest BCUT2D eigenvalue weighted by Gasteiger charge is 2.07. The molecule has 0 aliphatic carbocycles. The summed E-state index contributed by atoms with van der Waals surface area (Å²) in [5.74, 6) is 0.937. The third-order valence-electron chi connectivity index (χ3n) is 2.20. The smallest absolute Gasteiger partial charge is 0.0933 e. The van der Waals surface area contributed by atoms with Crippen LogP contribution < -0.4 is 0 Å². The van der Waals surface area contributed by atoms with Crippen LogP contribution in [0, 0.1) is 6.92 Å². The minimum Gasteiger partial charge on any atom is -0.240 e. The fourth-order valence-electron chi connectivity index (χ4n) is 1.40. The lowest BCUT2D eigenvalue weighted by Gasteiger charge is -1.93. The van der Waals surface area contributed by atoms with E-state index in [9.17, 15) is 0 Å². The van der Waals surface area contributed by atoms with Crippen LogP contribution in [0.5, 0.6) is 0 Å². The topological polar surface area (TPSA) is 12.9 Å². The van der Waals surface area contributed by atoms with Crippen LogP contribution in [-0.2, 0) is 6.42 Å². The maximum Gasteiger partial charge on any atom is 0.0933 e. The number of hydrogen-bond acceptors (Lipinski definition) is 4. The van der Waals surface area contributed by atoms with E-state index in [-0.39, 0.29) is 0 Å². The molecule has 2 heterocycles. The molecule has 0 saturated heterocycles. The average molecular weight is 255 g/mol. The van der Waals surface area contributed by atoms with Crippen LogP contribution in [0.3, 0.4) is 0 Å². The minimum absolute atomic E-state index is 0.937. The van der Waals surface area contributed by atoms with Gasteiger partial charge in [0.15, 0.2) is 0 Å². The highest BCUT2D eigenvalue weighted by molar-refractivity contribution is 7.80. The van der Waals surface area contributed by atoms with Crippen molar-refractivity contribution >= 4 is 35.3 Å². The molecular weight excluding hydrogens is 242 g/mol. The maximum atomic E-state index is 4.65. The zero-order valence-corrected chi connectivity index (χ0v) is 11.1. The van der Waals surface area contributed by atoms with E-state index >= 15 is 0 Å². The van der Waals surface area contributed by atoms with Crippen LogP contribution in [-0.4, -0.2) is 10.7 Å². The van der Waals surface area contributed by atoms with E-state index in [2.05, 4.69) is 41.4 Å². The predicted octanol–water partition coefficient (Wildman–Crippen LogP) is 4.04. The maximum absolute atomic E-state index is 4.65. The first-order valence-electron chi connectivity index (χ1n) is 4.91. The molecule has 2 rings (SSSR count). The Morgan fingerprint density at radius 2 is 2.27 bits per heavy atom. The van der Waals surface area contributed by atoms with Gasteiger partial charge < -0.3 is 0 Å². The molecule has 0 bridgehead atoms. The van der Waals surface area contributed by atoms with Crippen molar-refractivity contribution in [2.45, 2.75) is 19.8 Å². The molecule has 2 aromatic rings. The number of thiazole rings is 1. The van der Waals surface area contributed by atoms with E-state index < -0.39 is 0 Å². The van der Waals surface area contributed by atoms with Gasteiger partial charge in [-0.25, -0.2) is 4.98 Å². The molecule has 0 radical (unpaired) electrons. The molecule has 0 N–H and O–H groups in total. The number of thiol groups is 1. The number of aryl methyl sites for hydroxylation is 2. The van der Waals surface area contributed by atoms with Crippen LogP contribution in [0.1, 0.15) is 17.0 Å². The number of hydrogen-bond donors (Lipinski definition) is 1. The predicted molar refractivity (Wildman–Crippen MR) is 72.3 cm³/mol. The lowest BCUT2D eigenvalue weighted by molar-refractivity contribution is 0.923. The average Bonchev–Trinajstić information content (AvgIpc) is 2.83. The van der Waals surface area contributed by atoms with Crippen molar-refractivity contribution in [3.05, 3.63) is 27.4 Å². The molecule has 80 valence electrons. The highest BCUT2D eigenvalue weighted by Crippen LogP contribution is 2.30. The van der Waals surface area contributed by atoms with Crippen LogP contribution in [0.2, 0.25) is 0 Å². The first-order chi connectivity index (χ1) is 7.31. The molecule has 1 nitrogen and oxygen atoms in total. The number of rotatable bonds is 4. The Bertz CT molecular complexity index is 430. The van der Waals surface area contributed by atoms with Gasteiger partial charge in [0.05, 0.1) is 15.6 Å². The second kappa shape index (κ2) is 5.14. The Labute approximate surface area is 104 Å². The summed E-state index contributed by atoms with van der Waals surface area (Å²) in [5.41, 5.74) is 2.47. The van der Waals surface area contributed by atoms with Gasteiger partial charge in [0.1, 0.15) is 0 Å². The summed E-state index contributed by atoms with van der Waals surface area (Å²) in [6.07, 6.45) is 2.16. The SMILES string of the molecule is Cc1ccsc1-c1csc(CCCS)n1. The van der Waals surface area contributed by atoms with Crippen molar-refractivity contribution in [2.75, 3.05) is 5.75 Å². The van der Waals surface area contributed by atoms with Gasteiger partial charge in [-0.2, -0.15) is 12.6 Å². The molecule has 2 aromatic heterocycles. The zero-order chi connectivity index (χ0) is 10.7. The molecule has 0 aromatic carbocycles. The molecule has 0 atom stereocenters. The summed E-state index contributed by atoms with van der Waals surface area (Å²) in [6.45, 7) is 2.14. The van der Waals surface area contributed by atoms with Gasteiger partial charge in [-0.15, -0.1) is 22.7 Å². The molecule has 15 heavy (non-hydrogen) atoms. The zero-order valence-electron chi connectivity index (χ0n) is 8.56. The molecule has 0 spiro atoms. The normalized spacial score (nSPS) is 10.8. The lowest BCUT2D eigenvalue weighted by atomic mass is 10.2. The first kappa shape index (κ1) is 11.2. The highest BCUT2D eigenvalue weighted by atomic mass is 32.1. The van der Waals surface area contributed by atoms with Crippen molar-refractivity contribution in [2.24, 2.45) is 0 Å². The fourth-order valence-corrected chi connectivity index (χ4v) is 3.35. The van der Waals surface area contributed by atoms with Gasteiger partial charge >= 0.3 is 0 Å².